The fourth-order valence-corrected chi connectivity index (χ4v) is 2.49. The summed E-state index contributed by atoms with van der Waals surface area (Å²) in [5, 5.41) is 2.46. The van der Waals surface area contributed by atoms with Crippen molar-refractivity contribution in [1.82, 2.24) is 9.71 Å². The molecule has 0 spiro atoms. The molecule has 86 valence electrons. The van der Waals surface area contributed by atoms with E-state index in [0.29, 0.717) is 6.54 Å². The van der Waals surface area contributed by atoms with Gasteiger partial charge in [0.1, 0.15) is 0 Å². The average molecular weight is 248 g/mol. The molecule has 0 fully saturated rings. The number of thiazole rings is 1. The molecule has 0 radical (unpaired) electrons. The van der Waals surface area contributed by atoms with Crippen LogP contribution >= 0.6 is 11.3 Å². The van der Waals surface area contributed by atoms with E-state index in [9.17, 15) is 8.42 Å². The molecule has 6 heteroatoms. The maximum Gasteiger partial charge on any atom is 0.213 e. The Labute approximate surface area is 94.8 Å². The highest BCUT2D eigenvalue weighted by Crippen LogP contribution is 2.16. The summed E-state index contributed by atoms with van der Waals surface area (Å²) in [6, 6.07) is 0. The molecular weight excluding hydrogens is 232 g/mol. The summed E-state index contributed by atoms with van der Waals surface area (Å²) in [6.07, 6.45) is 1.73. The molecule has 1 N–H and O–H groups in total. The largest absolute Gasteiger partial charge is 0.249 e. The number of aromatic nitrogens is 1. The zero-order valence-electron chi connectivity index (χ0n) is 9.10. The van der Waals surface area contributed by atoms with Gasteiger partial charge in [-0.05, 0) is 13.8 Å². The van der Waals surface area contributed by atoms with Crippen molar-refractivity contribution < 1.29 is 8.42 Å². The van der Waals surface area contributed by atoms with Crippen LogP contribution in [0.25, 0.3) is 0 Å². The SMILES string of the molecule is CC(CNS(=O)(=O)C(C)C)c1nccs1. The third-order valence-electron chi connectivity index (χ3n) is 2.08. The molecule has 1 heterocycles. The lowest BCUT2D eigenvalue weighted by atomic mass is 10.2. The Morgan fingerprint density at radius 1 is 1.47 bits per heavy atom. The predicted molar refractivity (Wildman–Crippen MR) is 62.6 cm³/mol. The number of sulfonamides is 1. The van der Waals surface area contributed by atoms with Gasteiger partial charge < -0.3 is 0 Å². The Morgan fingerprint density at radius 2 is 2.13 bits per heavy atom. The number of nitrogens with zero attached hydrogens (tertiary/aromatic N) is 1. The van der Waals surface area contributed by atoms with Crippen LogP contribution in [-0.2, 0) is 10.0 Å². The van der Waals surface area contributed by atoms with Crippen LogP contribution < -0.4 is 4.72 Å². The molecule has 0 saturated carbocycles. The van der Waals surface area contributed by atoms with Crippen LogP contribution in [-0.4, -0.2) is 25.2 Å². The van der Waals surface area contributed by atoms with Gasteiger partial charge in [0.05, 0.1) is 10.3 Å². The van der Waals surface area contributed by atoms with Crippen LogP contribution in [0.3, 0.4) is 0 Å². The molecule has 0 saturated heterocycles. The van der Waals surface area contributed by atoms with Crippen LogP contribution in [0.4, 0.5) is 0 Å². The second-order valence-corrected chi connectivity index (χ2v) is 6.96. The van der Waals surface area contributed by atoms with Gasteiger partial charge in [-0.1, -0.05) is 6.92 Å². The smallest absolute Gasteiger partial charge is 0.213 e. The van der Waals surface area contributed by atoms with E-state index in [4.69, 9.17) is 0 Å². The number of hydrogen-bond acceptors (Lipinski definition) is 4. The number of hydrogen-bond donors (Lipinski definition) is 1. The molecule has 0 aliphatic carbocycles. The molecule has 1 unspecified atom stereocenters. The van der Waals surface area contributed by atoms with Gasteiger partial charge >= 0.3 is 0 Å². The first kappa shape index (κ1) is 12.6. The van der Waals surface area contributed by atoms with Crippen molar-refractivity contribution >= 4 is 21.4 Å². The Kier molecular flexibility index (Phi) is 4.24. The highest BCUT2D eigenvalue weighted by molar-refractivity contribution is 7.90. The topological polar surface area (TPSA) is 59.1 Å². The molecule has 0 amide bonds. The highest BCUT2D eigenvalue weighted by Gasteiger charge is 2.17. The van der Waals surface area contributed by atoms with Crippen LogP contribution in [0.15, 0.2) is 11.6 Å². The first-order chi connectivity index (χ1) is 6.93. The van der Waals surface area contributed by atoms with Gasteiger partial charge in [-0.3, -0.25) is 0 Å². The maximum absolute atomic E-state index is 11.5. The van der Waals surface area contributed by atoms with E-state index >= 15 is 0 Å². The zero-order valence-corrected chi connectivity index (χ0v) is 10.7. The van der Waals surface area contributed by atoms with Crippen molar-refractivity contribution in [3.63, 3.8) is 0 Å². The van der Waals surface area contributed by atoms with E-state index in [2.05, 4.69) is 9.71 Å². The Balaban J connectivity index is 2.52. The average Bonchev–Trinajstić information content (AvgIpc) is 2.66. The first-order valence-corrected chi connectivity index (χ1v) is 7.24. The van der Waals surface area contributed by atoms with E-state index in [1.54, 1.807) is 31.4 Å². The van der Waals surface area contributed by atoms with Crippen molar-refractivity contribution in [3.05, 3.63) is 16.6 Å². The maximum atomic E-state index is 11.5. The van der Waals surface area contributed by atoms with Crippen molar-refractivity contribution in [2.75, 3.05) is 6.54 Å². The summed E-state index contributed by atoms with van der Waals surface area (Å²) in [5.74, 6) is 0.124. The molecule has 1 rings (SSSR count). The normalized spacial score (nSPS) is 14.4. The summed E-state index contributed by atoms with van der Waals surface area (Å²) in [7, 11) is -3.16. The molecule has 1 aromatic heterocycles. The Hall–Kier alpha value is -0.460. The molecule has 0 bridgehead atoms. The molecule has 1 aromatic rings. The molecular formula is C9H16N2O2S2. The second kappa shape index (κ2) is 5.05. The van der Waals surface area contributed by atoms with Crippen LogP contribution in [0.1, 0.15) is 31.7 Å². The minimum atomic E-state index is -3.16. The van der Waals surface area contributed by atoms with Gasteiger partial charge in [-0.15, -0.1) is 11.3 Å². The molecule has 15 heavy (non-hydrogen) atoms. The molecule has 0 aromatic carbocycles. The molecule has 0 aliphatic heterocycles. The summed E-state index contributed by atoms with van der Waals surface area (Å²) in [4.78, 5) is 4.15. The van der Waals surface area contributed by atoms with Gasteiger partial charge in [0.15, 0.2) is 0 Å². The van der Waals surface area contributed by atoms with E-state index < -0.39 is 10.0 Å². The third-order valence-corrected chi connectivity index (χ3v) is 4.90. The predicted octanol–water partition coefficient (Wildman–Crippen LogP) is 1.57. The summed E-state index contributed by atoms with van der Waals surface area (Å²) >= 11 is 1.54. The van der Waals surface area contributed by atoms with Crippen LogP contribution in [0, 0.1) is 0 Å². The molecule has 1 atom stereocenters. The monoisotopic (exact) mass is 248 g/mol. The van der Waals surface area contributed by atoms with Gasteiger partial charge in [-0.2, -0.15) is 0 Å². The fraction of sp³-hybridized carbons (Fsp3) is 0.667. The Bertz CT molecular complexity index is 384. The highest BCUT2D eigenvalue weighted by atomic mass is 32.2. The van der Waals surface area contributed by atoms with Gasteiger partial charge in [0.25, 0.3) is 0 Å². The number of nitrogens with one attached hydrogen (secondary N) is 1. The number of rotatable bonds is 5. The van der Waals surface area contributed by atoms with E-state index in [-0.39, 0.29) is 11.2 Å². The lowest BCUT2D eigenvalue weighted by Gasteiger charge is -2.12. The van der Waals surface area contributed by atoms with E-state index in [0.717, 1.165) is 5.01 Å². The standard InChI is InChI=1S/C9H16N2O2S2/c1-7(2)15(12,13)11-6-8(3)9-10-4-5-14-9/h4-5,7-8,11H,6H2,1-3H3. The van der Waals surface area contributed by atoms with Gasteiger partial charge in [0.2, 0.25) is 10.0 Å². The summed E-state index contributed by atoms with van der Waals surface area (Å²) in [6.45, 7) is 5.70. The van der Waals surface area contributed by atoms with Crippen molar-refractivity contribution in [3.8, 4) is 0 Å². The summed E-state index contributed by atoms with van der Waals surface area (Å²) in [5.41, 5.74) is 0. The quantitative estimate of drug-likeness (QED) is 0.860. The van der Waals surface area contributed by atoms with Crippen LogP contribution in [0.2, 0.25) is 0 Å². The van der Waals surface area contributed by atoms with Crippen molar-refractivity contribution in [2.45, 2.75) is 31.9 Å². The van der Waals surface area contributed by atoms with E-state index in [1.165, 1.54) is 0 Å². The summed E-state index contributed by atoms with van der Waals surface area (Å²) < 4.78 is 25.5. The van der Waals surface area contributed by atoms with Crippen molar-refractivity contribution in [2.24, 2.45) is 0 Å². The minimum Gasteiger partial charge on any atom is -0.249 e. The lowest BCUT2D eigenvalue weighted by molar-refractivity contribution is 0.566. The Morgan fingerprint density at radius 3 is 2.60 bits per heavy atom. The molecule has 4 nitrogen and oxygen atoms in total. The molecule has 0 aliphatic rings. The van der Waals surface area contributed by atoms with Crippen molar-refractivity contribution in [1.29, 1.82) is 0 Å². The third kappa shape index (κ3) is 3.55. The van der Waals surface area contributed by atoms with Gasteiger partial charge in [-0.25, -0.2) is 18.1 Å². The van der Waals surface area contributed by atoms with Crippen LogP contribution in [0.5, 0.6) is 0 Å². The second-order valence-electron chi connectivity index (χ2n) is 3.71. The van der Waals surface area contributed by atoms with Gasteiger partial charge in [0, 0.05) is 24.0 Å². The minimum absolute atomic E-state index is 0.124. The zero-order chi connectivity index (χ0) is 11.5. The first-order valence-electron chi connectivity index (χ1n) is 4.81. The lowest BCUT2D eigenvalue weighted by Crippen LogP contribution is -2.33. The fourth-order valence-electron chi connectivity index (χ4n) is 0.973. The van der Waals surface area contributed by atoms with E-state index in [1.807, 2.05) is 12.3 Å².